The van der Waals surface area contributed by atoms with Gasteiger partial charge in [0.1, 0.15) is 0 Å². The van der Waals surface area contributed by atoms with Crippen molar-refractivity contribution in [2.24, 2.45) is 16.5 Å². The quantitative estimate of drug-likeness (QED) is 0.555. The maximum absolute atomic E-state index is 5.24. The zero-order valence-corrected chi connectivity index (χ0v) is 6.17. The van der Waals surface area contributed by atoms with Crippen LogP contribution in [0.5, 0.6) is 0 Å². The van der Waals surface area contributed by atoms with Crippen molar-refractivity contribution in [1.82, 2.24) is 0 Å². The Hall–Kier alpha value is -1.09. The fourth-order valence-corrected chi connectivity index (χ4v) is 0.289. The normalized spacial score (nSPS) is 12.4. The summed E-state index contributed by atoms with van der Waals surface area (Å²) in [5.74, 6) is 0. The largest absolute Gasteiger partial charge is 0.404 e. The molecule has 0 aromatic heterocycles. The van der Waals surface area contributed by atoms with Crippen LogP contribution in [0.2, 0.25) is 0 Å². The third kappa shape index (κ3) is 3.86. The lowest BCUT2D eigenvalue weighted by atomic mass is 10.3. The van der Waals surface area contributed by atoms with Crippen LogP contribution in [0.3, 0.4) is 0 Å². The zero-order chi connectivity index (χ0) is 7.98. The Labute approximate surface area is 61.1 Å². The van der Waals surface area contributed by atoms with Crippen molar-refractivity contribution in [2.75, 3.05) is 6.54 Å². The smallest absolute Gasteiger partial charge is 0.0467 e. The van der Waals surface area contributed by atoms with E-state index in [0.717, 1.165) is 5.57 Å². The summed E-state index contributed by atoms with van der Waals surface area (Å²) in [5, 5.41) is 0. The van der Waals surface area contributed by atoms with Crippen LogP contribution in [0.4, 0.5) is 0 Å². The molecule has 0 unspecified atom stereocenters. The van der Waals surface area contributed by atoms with Gasteiger partial charge in [-0.1, -0.05) is 6.58 Å². The second kappa shape index (κ2) is 4.76. The molecular formula is C7H13N3. The molecule has 0 amide bonds. The van der Waals surface area contributed by atoms with E-state index >= 15 is 0 Å². The van der Waals surface area contributed by atoms with Crippen LogP contribution in [0.1, 0.15) is 6.92 Å². The Morgan fingerprint density at radius 2 is 2.30 bits per heavy atom. The van der Waals surface area contributed by atoms with Gasteiger partial charge < -0.3 is 11.5 Å². The predicted octanol–water partition coefficient (Wildman–Crippen LogP) is 0.392. The number of hydrogen-bond acceptors (Lipinski definition) is 3. The molecule has 0 aromatic rings. The van der Waals surface area contributed by atoms with Crippen molar-refractivity contribution in [3.63, 3.8) is 0 Å². The van der Waals surface area contributed by atoms with Crippen molar-refractivity contribution in [2.45, 2.75) is 6.92 Å². The fraction of sp³-hybridized carbons (Fsp3) is 0.286. The highest BCUT2D eigenvalue weighted by atomic mass is 14.8. The van der Waals surface area contributed by atoms with Gasteiger partial charge in [0.2, 0.25) is 0 Å². The molecule has 0 aliphatic rings. The first-order valence-corrected chi connectivity index (χ1v) is 3.01. The molecule has 0 spiro atoms. The number of allylic oxidation sites excluding steroid dienone is 1. The van der Waals surface area contributed by atoms with Gasteiger partial charge in [0.05, 0.1) is 0 Å². The molecule has 0 saturated heterocycles. The Morgan fingerprint density at radius 3 is 2.70 bits per heavy atom. The Balaban J connectivity index is 3.88. The van der Waals surface area contributed by atoms with Crippen LogP contribution in [0, 0.1) is 0 Å². The summed E-state index contributed by atoms with van der Waals surface area (Å²) in [6.45, 7) is 5.83. The lowest BCUT2D eigenvalue weighted by molar-refractivity contribution is 1.12. The van der Waals surface area contributed by atoms with Gasteiger partial charge in [-0.2, -0.15) is 0 Å². The highest BCUT2D eigenvalue weighted by molar-refractivity contribution is 5.78. The summed E-state index contributed by atoms with van der Waals surface area (Å²) in [5.41, 5.74) is 12.0. The first-order chi connectivity index (χ1) is 4.70. The summed E-state index contributed by atoms with van der Waals surface area (Å²) in [4.78, 5) is 3.92. The maximum atomic E-state index is 5.24. The Bertz CT molecular complexity index is 168. The van der Waals surface area contributed by atoms with E-state index in [0.29, 0.717) is 12.2 Å². The number of hydrogen-bond donors (Lipinski definition) is 2. The maximum Gasteiger partial charge on any atom is 0.0467 e. The number of aliphatic imine (C=N–C) groups is 1. The van der Waals surface area contributed by atoms with E-state index in [1.54, 1.807) is 6.21 Å². The van der Waals surface area contributed by atoms with Crippen LogP contribution >= 0.6 is 0 Å². The van der Waals surface area contributed by atoms with Crippen LogP contribution < -0.4 is 11.5 Å². The third-order valence-electron chi connectivity index (χ3n) is 0.949. The number of rotatable bonds is 3. The molecule has 3 nitrogen and oxygen atoms in total. The molecule has 0 rings (SSSR count). The van der Waals surface area contributed by atoms with Crippen molar-refractivity contribution in [3.8, 4) is 0 Å². The average molecular weight is 139 g/mol. The van der Waals surface area contributed by atoms with Crippen LogP contribution in [-0.4, -0.2) is 12.8 Å². The minimum Gasteiger partial charge on any atom is -0.404 e. The van der Waals surface area contributed by atoms with Gasteiger partial charge in [0.15, 0.2) is 0 Å². The predicted molar refractivity (Wildman–Crippen MR) is 44.6 cm³/mol. The monoisotopic (exact) mass is 139 g/mol. The van der Waals surface area contributed by atoms with E-state index in [4.69, 9.17) is 11.5 Å². The molecule has 0 bridgehead atoms. The molecule has 0 fully saturated rings. The van der Waals surface area contributed by atoms with Crippen LogP contribution in [0.25, 0.3) is 0 Å². The van der Waals surface area contributed by atoms with E-state index in [1.165, 1.54) is 6.20 Å². The minimum absolute atomic E-state index is 0.383. The molecule has 0 aliphatic carbocycles. The molecule has 10 heavy (non-hydrogen) atoms. The van der Waals surface area contributed by atoms with Gasteiger partial charge in [-0.05, 0) is 18.7 Å². The second-order valence-electron chi connectivity index (χ2n) is 1.94. The summed E-state index contributed by atoms with van der Waals surface area (Å²) in [6.07, 6.45) is 3.11. The summed E-state index contributed by atoms with van der Waals surface area (Å²) >= 11 is 0. The van der Waals surface area contributed by atoms with Gasteiger partial charge in [-0.25, -0.2) is 0 Å². The summed E-state index contributed by atoms with van der Waals surface area (Å²) in [6, 6.07) is 0. The van der Waals surface area contributed by atoms with Crippen molar-refractivity contribution in [3.05, 3.63) is 24.0 Å². The molecular weight excluding hydrogens is 126 g/mol. The second-order valence-corrected chi connectivity index (χ2v) is 1.94. The molecule has 3 heteroatoms. The lowest BCUT2D eigenvalue weighted by Gasteiger charge is -1.91. The van der Waals surface area contributed by atoms with E-state index in [1.807, 2.05) is 6.92 Å². The molecule has 56 valence electrons. The van der Waals surface area contributed by atoms with E-state index in [-0.39, 0.29) is 0 Å². The first kappa shape index (κ1) is 8.91. The van der Waals surface area contributed by atoms with E-state index < -0.39 is 0 Å². The highest BCUT2D eigenvalue weighted by Gasteiger charge is 1.82. The van der Waals surface area contributed by atoms with E-state index in [2.05, 4.69) is 11.6 Å². The van der Waals surface area contributed by atoms with Gasteiger partial charge in [0, 0.05) is 18.5 Å². The molecule has 0 heterocycles. The molecule has 0 saturated carbocycles. The van der Waals surface area contributed by atoms with Crippen molar-refractivity contribution >= 4 is 6.21 Å². The number of nitrogens with zero attached hydrogens (tertiary/aromatic N) is 1. The van der Waals surface area contributed by atoms with Gasteiger partial charge >= 0.3 is 0 Å². The zero-order valence-electron chi connectivity index (χ0n) is 6.17. The fourth-order valence-electron chi connectivity index (χ4n) is 0.289. The molecule has 0 aromatic carbocycles. The van der Waals surface area contributed by atoms with Gasteiger partial charge in [-0.15, -0.1) is 0 Å². The SMILES string of the molecule is C=C(CN)N=C/C(C)=C\N. The standard InChI is InChI=1S/C7H13N3/c1-6(3-8)5-10-7(2)4-9/h3,5H,2,4,8-9H2,1H3/b6-3-,10-5?. The Kier molecular flexibility index (Phi) is 4.24. The highest BCUT2D eigenvalue weighted by Crippen LogP contribution is 1.89. The lowest BCUT2D eigenvalue weighted by Crippen LogP contribution is -1.99. The third-order valence-corrected chi connectivity index (χ3v) is 0.949. The molecule has 0 radical (unpaired) electrons. The molecule has 4 N–H and O–H groups in total. The molecule has 0 aliphatic heterocycles. The van der Waals surface area contributed by atoms with Crippen molar-refractivity contribution in [1.29, 1.82) is 0 Å². The average Bonchev–Trinajstić information content (AvgIpc) is 1.99. The topological polar surface area (TPSA) is 64.4 Å². The minimum atomic E-state index is 0.383. The van der Waals surface area contributed by atoms with Crippen LogP contribution in [-0.2, 0) is 0 Å². The first-order valence-electron chi connectivity index (χ1n) is 3.01. The van der Waals surface area contributed by atoms with Crippen LogP contribution in [0.15, 0.2) is 29.0 Å². The summed E-state index contributed by atoms with van der Waals surface area (Å²) < 4.78 is 0. The molecule has 0 atom stereocenters. The van der Waals surface area contributed by atoms with Crippen molar-refractivity contribution < 1.29 is 0 Å². The Morgan fingerprint density at radius 1 is 1.70 bits per heavy atom. The van der Waals surface area contributed by atoms with E-state index in [9.17, 15) is 0 Å². The van der Waals surface area contributed by atoms with Gasteiger partial charge in [0.25, 0.3) is 0 Å². The number of nitrogens with two attached hydrogens (primary N) is 2. The van der Waals surface area contributed by atoms with Gasteiger partial charge in [-0.3, -0.25) is 4.99 Å². The summed E-state index contributed by atoms with van der Waals surface area (Å²) in [7, 11) is 0.